The fourth-order valence-corrected chi connectivity index (χ4v) is 4.91. The summed E-state index contributed by atoms with van der Waals surface area (Å²) in [4.78, 5) is 42.4. The first-order valence-corrected chi connectivity index (χ1v) is 12.4. The van der Waals surface area contributed by atoms with Gasteiger partial charge in [-0.3, -0.25) is 14.5 Å². The monoisotopic (exact) mass is 477 g/mol. The Morgan fingerprint density at radius 1 is 1.09 bits per heavy atom. The molecule has 2 aliphatic rings. The number of nitrogens with zero attached hydrogens (tertiary/aromatic N) is 2. The summed E-state index contributed by atoms with van der Waals surface area (Å²) in [7, 11) is 1.59. The molecule has 0 radical (unpaired) electrons. The molecule has 1 aliphatic carbocycles. The highest BCUT2D eigenvalue weighted by atomic mass is 16.5. The molecule has 2 fully saturated rings. The molecule has 2 aromatic rings. The number of ether oxygens (including phenoxy) is 1. The number of carbonyl (C=O) groups is 3. The van der Waals surface area contributed by atoms with Gasteiger partial charge in [-0.15, -0.1) is 0 Å². The maximum absolute atomic E-state index is 13.6. The molecule has 1 saturated carbocycles. The highest BCUT2D eigenvalue weighted by Gasteiger charge is 2.52. The number of nitrogens with one attached hydrogen (secondary N) is 1. The Labute approximate surface area is 207 Å². The maximum atomic E-state index is 13.6. The molecule has 0 unspecified atom stereocenters. The van der Waals surface area contributed by atoms with Crippen LogP contribution in [0.25, 0.3) is 0 Å². The first kappa shape index (κ1) is 24.8. The van der Waals surface area contributed by atoms with Crippen LogP contribution in [0.15, 0.2) is 48.5 Å². The van der Waals surface area contributed by atoms with E-state index in [4.69, 9.17) is 4.74 Å². The Bertz CT molecular complexity index is 1070. The zero-order chi connectivity index (χ0) is 25.2. The summed E-state index contributed by atoms with van der Waals surface area (Å²) in [6, 6.07) is 14.9. The van der Waals surface area contributed by atoms with E-state index in [-0.39, 0.29) is 18.4 Å². The SMILES string of the molecule is COc1ccc(N(Cc2ccc(C(C)C)cc2)C(=O)CN2C(=O)NC3(CCC(C)CC3)C2=O)cc1. The largest absolute Gasteiger partial charge is 0.497 e. The second-order valence-corrected chi connectivity index (χ2v) is 10.2. The minimum absolute atomic E-state index is 0.279. The number of rotatable bonds is 7. The van der Waals surface area contributed by atoms with Crippen molar-refractivity contribution in [3.8, 4) is 5.75 Å². The van der Waals surface area contributed by atoms with Crippen molar-refractivity contribution >= 4 is 23.5 Å². The molecular weight excluding hydrogens is 442 g/mol. The number of urea groups is 1. The number of carbonyl (C=O) groups excluding carboxylic acids is 3. The van der Waals surface area contributed by atoms with Crippen LogP contribution in [0, 0.1) is 5.92 Å². The van der Waals surface area contributed by atoms with E-state index in [0.717, 1.165) is 23.3 Å². The summed E-state index contributed by atoms with van der Waals surface area (Å²) >= 11 is 0. The number of hydrogen-bond acceptors (Lipinski definition) is 4. The number of hydrogen-bond donors (Lipinski definition) is 1. The van der Waals surface area contributed by atoms with Gasteiger partial charge >= 0.3 is 6.03 Å². The fourth-order valence-electron chi connectivity index (χ4n) is 4.91. The van der Waals surface area contributed by atoms with Gasteiger partial charge in [-0.1, -0.05) is 45.0 Å². The minimum atomic E-state index is -0.860. The van der Waals surface area contributed by atoms with Crippen molar-refractivity contribution in [3.05, 3.63) is 59.7 Å². The Hall–Kier alpha value is -3.35. The number of benzene rings is 2. The number of amides is 4. The zero-order valence-electron chi connectivity index (χ0n) is 21.0. The molecule has 35 heavy (non-hydrogen) atoms. The lowest BCUT2D eigenvalue weighted by Gasteiger charge is -2.33. The lowest BCUT2D eigenvalue weighted by molar-refractivity contribution is -0.135. The molecule has 2 aromatic carbocycles. The van der Waals surface area contributed by atoms with E-state index in [2.05, 4.69) is 38.2 Å². The quantitative estimate of drug-likeness (QED) is 0.578. The molecule has 0 aromatic heterocycles. The summed E-state index contributed by atoms with van der Waals surface area (Å²) < 4.78 is 5.26. The van der Waals surface area contributed by atoms with Gasteiger partial charge in [0.05, 0.1) is 13.7 Å². The van der Waals surface area contributed by atoms with E-state index in [1.54, 1.807) is 24.1 Å². The van der Waals surface area contributed by atoms with Crippen LogP contribution in [0.3, 0.4) is 0 Å². The van der Waals surface area contributed by atoms with Crippen molar-refractivity contribution in [2.75, 3.05) is 18.6 Å². The third-order valence-electron chi connectivity index (χ3n) is 7.34. The molecule has 1 N–H and O–H groups in total. The van der Waals surface area contributed by atoms with Crippen LogP contribution >= 0.6 is 0 Å². The molecule has 186 valence electrons. The highest BCUT2D eigenvalue weighted by Crippen LogP contribution is 2.36. The summed E-state index contributed by atoms with van der Waals surface area (Å²) in [5.41, 5.74) is 2.01. The van der Waals surface area contributed by atoms with Gasteiger partial charge < -0.3 is 15.0 Å². The normalized spacial score (nSPS) is 22.0. The summed E-state index contributed by atoms with van der Waals surface area (Å²) in [6.07, 6.45) is 3.01. The van der Waals surface area contributed by atoms with E-state index in [9.17, 15) is 14.4 Å². The molecule has 0 atom stereocenters. The Morgan fingerprint density at radius 2 is 1.71 bits per heavy atom. The Kier molecular flexibility index (Phi) is 7.15. The number of anilines is 1. The van der Waals surface area contributed by atoms with Crippen molar-refractivity contribution in [2.24, 2.45) is 5.92 Å². The topological polar surface area (TPSA) is 79.0 Å². The second-order valence-electron chi connectivity index (χ2n) is 10.2. The molecule has 4 amide bonds. The van der Waals surface area contributed by atoms with Crippen LogP contribution in [-0.2, 0) is 16.1 Å². The van der Waals surface area contributed by atoms with Gasteiger partial charge in [-0.2, -0.15) is 0 Å². The van der Waals surface area contributed by atoms with Crippen LogP contribution in [0.1, 0.15) is 63.5 Å². The molecule has 1 saturated heterocycles. The zero-order valence-corrected chi connectivity index (χ0v) is 21.0. The van der Waals surface area contributed by atoms with E-state index < -0.39 is 11.6 Å². The first-order valence-electron chi connectivity index (χ1n) is 12.4. The summed E-state index contributed by atoms with van der Waals surface area (Å²) in [5, 5.41) is 2.91. The van der Waals surface area contributed by atoms with E-state index in [1.807, 2.05) is 24.3 Å². The predicted octanol–water partition coefficient (Wildman–Crippen LogP) is 4.85. The van der Waals surface area contributed by atoms with Gasteiger partial charge in [0.1, 0.15) is 17.8 Å². The van der Waals surface area contributed by atoms with Gasteiger partial charge in [0, 0.05) is 5.69 Å². The maximum Gasteiger partial charge on any atom is 0.325 e. The van der Waals surface area contributed by atoms with E-state index in [0.29, 0.717) is 42.7 Å². The number of methoxy groups -OCH3 is 1. The summed E-state index contributed by atoms with van der Waals surface area (Å²) in [5.74, 6) is 1.04. The number of imide groups is 1. The first-order chi connectivity index (χ1) is 16.7. The van der Waals surface area contributed by atoms with Crippen LogP contribution in [0.4, 0.5) is 10.5 Å². The standard InChI is InChI=1S/C28H35N3O4/c1-19(2)22-7-5-21(6-8-22)17-30(23-9-11-24(35-4)12-10-23)25(32)18-31-26(33)28(29-27(31)34)15-13-20(3)14-16-28/h5-12,19-20H,13-18H2,1-4H3,(H,29,34). The van der Waals surface area contributed by atoms with Crippen LogP contribution < -0.4 is 15.0 Å². The van der Waals surface area contributed by atoms with Gasteiger partial charge in [0.2, 0.25) is 5.91 Å². The average molecular weight is 478 g/mol. The smallest absolute Gasteiger partial charge is 0.325 e. The van der Waals surface area contributed by atoms with Crippen molar-refractivity contribution in [1.82, 2.24) is 10.2 Å². The second kappa shape index (κ2) is 10.1. The molecule has 7 heteroatoms. The summed E-state index contributed by atoms with van der Waals surface area (Å²) in [6.45, 7) is 6.48. The van der Waals surface area contributed by atoms with Gasteiger partial charge in [0.25, 0.3) is 5.91 Å². The van der Waals surface area contributed by atoms with Crippen molar-refractivity contribution in [1.29, 1.82) is 0 Å². The lowest BCUT2D eigenvalue weighted by Crippen LogP contribution is -2.50. The molecule has 1 heterocycles. The average Bonchev–Trinajstić information content (AvgIpc) is 3.08. The third-order valence-corrected chi connectivity index (χ3v) is 7.34. The molecule has 1 spiro atoms. The van der Waals surface area contributed by atoms with Gasteiger partial charge in [-0.25, -0.2) is 4.79 Å². The lowest BCUT2D eigenvalue weighted by atomic mass is 9.77. The Balaban J connectivity index is 1.56. The van der Waals surface area contributed by atoms with Crippen LogP contribution in [0.5, 0.6) is 5.75 Å². The van der Waals surface area contributed by atoms with E-state index in [1.165, 1.54) is 5.56 Å². The fraction of sp³-hybridized carbons (Fsp3) is 0.464. The molecular formula is C28H35N3O4. The van der Waals surface area contributed by atoms with Gasteiger partial charge in [-0.05, 0) is 72.9 Å². The van der Waals surface area contributed by atoms with Crippen LogP contribution in [-0.4, -0.2) is 41.9 Å². The van der Waals surface area contributed by atoms with Crippen molar-refractivity contribution in [2.45, 2.75) is 64.5 Å². The highest BCUT2D eigenvalue weighted by molar-refractivity contribution is 6.10. The van der Waals surface area contributed by atoms with Gasteiger partial charge in [0.15, 0.2) is 0 Å². The molecule has 7 nitrogen and oxygen atoms in total. The van der Waals surface area contributed by atoms with E-state index >= 15 is 0 Å². The van der Waals surface area contributed by atoms with Crippen molar-refractivity contribution < 1.29 is 19.1 Å². The van der Waals surface area contributed by atoms with Crippen LogP contribution in [0.2, 0.25) is 0 Å². The predicted molar refractivity (Wildman–Crippen MR) is 135 cm³/mol. The van der Waals surface area contributed by atoms with Crippen molar-refractivity contribution in [3.63, 3.8) is 0 Å². The molecule has 1 aliphatic heterocycles. The Morgan fingerprint density at radius 3 is 2.29 bits per heavy atom. The minimum Gasteiger partial charge on any atom is -0.497 e. The third kappa shape index (κ3) is 5.19. The molecule has 0 bridgehead atoms. The molecule has 4 rings (SSSR count).